The number of ether oxygens (including phenoxy) is 3. The van der Waals surface area contributed by atoms with Gasteiger partial charge in [-0.3, -0.25) is 9.59 Å². The molecule has 0 unspecified atom stereocenters. The minimum absolute atomic E-state index is 0.149. The van der Waals surface area contributed by atoms with Crippen molar-refractivity contribution >= 4 is 18.1 Å². The molecule has 8 heteroatoms. The van der Waals surface area contributed by atoms with Crippen molar-refractivity contribution < 1.29 is 28.4 Å². The van der Waals surface area contributed by atoms with Crippen LogP contribution in [0.1, 0.15) is 12.5 Å². The van der Waals surface area contributed by atoms with Gasteiger partial charge in [0.2, 0.25) is 12.3 Å². The molecule has 26 heavy (non-hydrogen) atoms. The number of rotatable bonds is 7. The number of nitrogens with zero attached hydrogens (tertiary/aromatic N) is 2. The van der Waals surface area contributed by atoms with E-state index in [0.717, 1.165) is 0 Å². The molecule has 136 valence electrons. The molecule has 1 heterocycles. The van der Waals surface area contributed by atoms with Gasteiger partial charge < -0.3 is 14.2 Å². The Kier molecular flexibility index (Phi) is 6.67. The van der Waals surface area contributed by atoms with Gasteiger partial charge in [0.15, 0.2) is 23.9 Å². The molecule has 1 aromatic heterocycles. The van der Waals surface area contributed by atoms with E-state index in [4.69, 9.17) is 14.2 Å². The Bertz CT molecular complexity index is 781. The van der Waals surface area contributed by atoms with Crippen molar-refractivity contribution in [1.29, 1.82) is 0 Å². The summed E-state index contributed by atoms with van der Waals surface area (Å²) >= 11 is 0. The van der Waals surface area contributed by atoms with Crippen LogP contribution in [0, 0.1) is 0 Å². The predicted octanol–water partition coefficient (Wildman–Crippen LogP) is 1.07. The molecule has 0 saturated heterocycles. The first-order valence-electron chi connectivity index (χ1n) is 7.74. The molecule has 0 aliphatic heterocycles. The van der Waals surface area contributed by atoms with Crippen LogP contribution in [0.5, 0.6) is 17.2 Å². The van der Waals surface area contributed by atoms with E-state index in [-0.39, 0.29) is 18.2 Å². The topological polar surface area (TPSA) is 90.1 Å². The van der Waals surface area contributed by atoms with Gasteiger partial charge in [-0.15, -0.1) is 0 Å². The molecule has 0 bridgehead atoms. The number of carbonyl (C=O) groups excluding carboxylic acids is 2. The van der Waals surface area contributed by atoms with E-state index >= 15 is 0 Å². The molecule has 1 N–H and O–H groups in total. The number of aromatic nitrogens is 1. The van der Waals surface area contributed by atoms with Gasteiger partial charge in [-0.05, 0) is 12.1 Å². The second-order valence-electron chi connectivity index (χ2n) is 5.19. The summed E-state index contributed by atoms with van der Waals surface area (Å²) in [5, 5.41) is 3.92. The minimum Gasteiger partial charge on any atom is -0.493 e. The summed E-state index contributed by atoms with van der Waals surface area (Å²) < 4.78 is 17.3. The molecule has 8 nitrogen and oxygen atoms in total. The van der Waals surface area contributed by atoms with Gasteiger partial charge in [-0.25, -0.2) is 5.43 Å². The van der Waals surface area contributed by atoms with Gasteiger partial charge >= 0.3 is 11.9 Å². The summed E-state index contributed by atoms with van der Waals surface area (Å²) in [5.41, 5.74) is 3.04. The highest BCUT2D eigenvalue weighted by molar-refractivity contribution is 5.84. The van der Waals surface area contributed by atoms with Crippen LogP contribution in [-0.4, -0.2) is 32.3 Å². The Labute approximate surface area is 151 Å². The van der Waals surface area contributed by atoms with Crippen molar-refractivity contribution in [2.45, 2.75) is 13.5 Å². The van der Waals surface area contributed by atoms with E-state index in [1.54, 1.807) is 29.1 Å². The van der Waals surface area contributed by atoms with Crippen LogP contribution in [0.2, 0.25) is 0 Å². The lowest BCUT2D eigenvalue weighted by Crippen LogP contribution is -2.40. The van der Waals surface area contributed by atoms with Crippen LogP contribution in [0.15, 0.2) is 47.8 Å². The third kappa shape index (κ3) is 5.30. The van der Waals surface area contributed by atoms with E-state index in [9.17, 15) is 9.59 Å². The lowest BCUT2D eigenvalue weighted by atomic mass is 10.2. The van der Waals surface area contributed by atoms with Crippen LogP contribution in [0.4, 0.5) is 0 Å². The molecule has 1 aromatic carbocycles. The first-order valence-corrected chi connectivity index (χ1v) is 7.74. The maximum Gasteiger partial charge on any atom is 0.308 e. The van der Waals surface area contributed by atoms with Crippen molar-refractivity contribution in [2.75, 3.05) is 14.2 Å². The second kappa shape index (κ2) is 9.16. The maximum absolute atomic E-state index is 11.9. The van der Waals surface area contributed by atoms with Gasteiger partial charge in [0.05, 0.1) is 20.4 Å². The Morgan fingerprint density at radius 1 is 1.12 bits per heavy atom. The number of nitrogens with one attached hydrogen (secondary N) is 1. The van der Waals surface area contributed by atoms with E-state index < -0.39 is 5.97 Å². The normalized spacial score (nSPS) is 10.4. The fraction of sp³-hybridized carbons (Fsp3) is 0.222. The van der Waals surface area contributed by atoms with Crippen molar-refractivity contribution in [2.24, 2.45) is 5.10 Å². The summed E-state index contributed by atoms with van der Waals surface area (Å²) in [5.74, 6) is 0.0464. The highest BCUT2D eigenvalue weighted by Crippen LogP contribution is 2.38. The van der Waals surface area contributed by atoms with Crippen molar-refractivity contribution in [1.82, 2.24) is 5.43 Å². The van der Waals surface area contributed by atoms with E-state index in [2.05, 4.69) is 10.5 Å². The average molecular weight is 358 g/mol. The number of methoxy groups -OCH3 is 2. The largest absolute Gasteiger partial charge is 0.493 e. The van der Waals surface area contributed by atoms with E-state index in [1.165, 1.54) is 27.4 Å². The number of carbonyl (C=O) groups is 2. The molecular formula is C18H20N3O5+. The molecule has 2 aromatic rings. The number of amides is 1. The molecule has 0 radical (unpaired) electrons. The molecule has 2 rings (SSSR count). The van der Waals surface area contributed by atoms with Crippen LogP contribution >= 0.6 is 0 Å². The van der Waals surface area contributed by atoms with Gasteiger partial charge in [0.1, 0.15) is 0 Å². The molecule has 0 fully saturated rings. The van der Waals surface area contributed by atoms with Crippen molar-refractivity contribution in [3.8, 4) is 17.2 Å². The third-order valence-electron chi connectivity index (χ3n) is 3.24. The monoisotopic (exact) mass is 358 g/mol. The summed E-state index contributed by atoms with van der Waals surface area (Å²) in [7, 11) is 2.89. The highest BCUT2D eigenvalue weighted by atomic mass is 16.6. The summed E-state index contributed by atoms with van der Waals surface area (Å²) in [6.45, 7) is 1.44. The van der Waals surface area contributed by atoms with Gasteiger partial charge in [0.25, 0.3) is 0 Å². The summed E-state index contributed by atoms with van der Waals surface area (Å²) in [6.07, 6.45) is 5.01. The summed E-state index contributed by atoms with van der Waals surface area (Å²) in [6, 6.07) is 8.76. The molecular weight excluding hydrogens is 338 g/mol. The van der Waals surface area contributed by atoms with Crippen LogP contribution in [-0.2, 0) is 16.1 Å². The fourth-order valence-corrected chi connectivity index (χ4v) is 2.14. The second-order valence-corrected chi connectivity index (χ2v) is 5.19. The quantitative estimate of drug-likeness (QED) is 0.263. The maximum atomic E-state index is 11.9. The van der Waals surface area contributed by atoms with Crippen LogP contribution in [0.3, 0.4) is 0 Å². The first-order chi connectivity index (χ1) is 12.5. The Balaban J connectivity index is 2.09. The fourth-order valence-electron chi connectivity index (χ4n) is 2.14. The zero-order chi connectivity index (χ0) is 18.9. The Morgan fingerprint density at radius 3 is 2.27 bits per heavy atom. The van der Waals surface area contributed by atoms with E-state index in [0.29, 0.717) is 17.1 Å². The van der Waals surface area contributed by atoms with Crippen LogP contribution < -0.4 is 24.2 Å². The molecule has 0 saturated carbocycles. The third-order valence-corrected chi connectivity index (χ3v) is 3.24. The standard InChI is InChI=1S/C18H19N3O5/c1-13(22)26-18-15(24-2)9-14(10-16(18)25-3)11-19-20-17(23)12-21-7-5-4-6-8-21/h4-11H,12H2,1-3H3/p+1/b19-11-. The van der Waals surface area contributed by atoms with Gasteiger partial charge in [-0.1, -0.05) is 6.07 Å². The number of esters is 1. The van der Waals surface area contributed by atoms with Gasteiger partial charge in [0, 0.05) is 24.6 Å². The lowest BCUT2D eigenvalue weighted by Gasteiger charge is -2.13. The smallest absolute Gasteiger partial charge is 0.308 e. The number of benzene rings is 1. The molecule has 0 aliphatic rings. The number of hydrogen-bond acceptors (Lipinski definition) is 6. The highest BCUT2D eigenvalue weighted by Gasteiger charge is 2.15. The zero-order valence-electron chi connectivity index (χ0n) is 14.8. The first kappa shape index (κ1) is 18.9. The van der Waals surface area contributed by atoms with Crippen molar-refractivity contribution in [3.05, 3.63) is 48.3 Å². The average Bonchev–Trinajstić information content (AvgIpc) is 2.62. The molecule has 1 amide bonds. The number of hydrogen-bond donors (Lipinski definition) is 1. The van der Waals surface area contributed by atoms with Gasteiger partial charge in [-0.2, -0.15) is 9.67 Å². The molecule has 0 spiro atoms. The predicted molar refractivity (Wildman–Crippen MR) is 93.2 cm³/mol. The molecule has 0 aliphatic carbocycles. The Hall–Kier alpha value is -3.42. The van der Waals surface area contributed by atoms with E-state index in [1.807, 2.05) is 18.2 Å². The number of hydrazone groups is 1. The van der Waals surface area contributed by atoms with Crippen molar-refractivity contribution in [3.63, 3.8) is 0 Å². The SMILES string of the molecule is COc1cc(/C=N\NC(=O)C[n+]2ccccc2)cc(OC)c1OC(C)=O. The zero-order valence-corrected chi connectivity index (χ0v) is 14.8. The number of pyridine rings is 1. The van der Waals surface area contributed by atoms with Crippen LogP contribution in [0.25, 0.3) is 0 Å². The summed E-state index contributed by atoms with van der Waals surface area (Å²) in [4.78, 5) is 23.1. The lowest BCUT2D eigenvalue weighted by molar-refractivity contribution is -0.684. The minimum atomic E-state index is -0.492. The molecule has 0 atom stereocenters. The Morgan fingerprint density at radius 2 is 1.73 bits per heavy atom.